The van der Waals surface area contributed by atoms with Crippen molar-refractivity contribution in [1.82, 2.24) is 10.2 Å². The molecule has 230 valence electrons. The average Bonchev–Trinajstić information content (AvgIpc) is 2.96. The van der Waals surface area contributed by atoms with E-state index in [2.05, 4.69) is 24.1 Å². The lowest BCUT2D eigenvalue weighted by atomic mass is 9.99. The van der Waals surface area contributed by atoms with Gasteiger partial charge >= 0.3 is 6.09 Å². The third-order valence-corrected chi connectivity index (χ3v) is 7.18. The van der Waals surface area contributed by atoms with Crippen LogP contribution in [0.2, 0.25) is 0 Å². The van der Waals surface area contributed by atoms with Crippen molar-refractivity contribution in [2.45, 2.75) is 90.8 Å². The van der Waals surface area contributed by atoms with Gasteiger partial charge in [-0.2, -0.15) is 0 Å². The molecule has 0 aromatic heterocycles. The van der Waals surface area contributed by atoms with Gasteiger partial charge in [-0.3, -0.25) is 9.59 Å². The highest BCUT2D eigenvalue weighted by Gasteiger charge is 2.34. The SMILES string of the molecule is C=Cc1cccc(C(C(=O)Nc2ccc3ccccc3c2)N(CCCCCCCC)C(=O)C(C)NC(=O)OC(C)(C)C)c1. The first-order valence-corrected chi connectivity index (χ1v) is 15.3. The summed E-state index contributed by atoms with van der Waals surface area (Å²) < 4.78 is 5.40. The number of anilines is 1. The zero-order valence-corrected chi connectivity index (χ0v) is 26.3. The van der Waals surface area contributed by atoms with Gasteiger partial charge in [-0.1, -0.05) is 100 Å². The molecule has 0 aliphatic heterocycles. The molecule has 3 aromatic rings. The molecule has 0 aliphatic rings. The van der Waals surface area contributed by atoms with Crippen LogP contribution in [-0.2, 0) is 14.3 Å². The molecular weight excluding hydrogens is 538 g/mol. The smallest absolute Gasteiger partial charge is 0.408 e. The van der Waals surface area contributed by atoms with Crippen LogP contribution in [0.1, 0.15) is 90.3 Å². The van der Waals surface area contributed by atoms with E-state index in [1.165, 1.54) is 6.42 Å². The Bertz CT molecular complexity index is 1390. The van der Waals surface area contributed by atoms with Crippen molar-refractivity contribution < 1.29 is 19.1 Å². The first-order valence-electron chi connectivity index (χ1n) is 15.3. The number of fused-ring (bicyclic) bond motifs is 1. The predicted octanol–water partition coefficient (Wildman–Crippen LogP) is 8.26. The molecule has 0 saturated heterocycles. The quantitative estimate of drug-likeness (QED) is 0.186. The highest BCUT2D eigenvalue weighted by molar-refractivity contribution is 6.00. The topological polar surface area (TPSA) is 87.7 Å². The van der Waals surface area contributed by atoms with E-state index in [1.807, 2.05) is 66.7 Å². The first kappa shape index (κ1) is 33.4. The molecule has 2 unspecified atom stereocenters. The Kier molecular flexibility index (Phi) is 12.4. The normalized spacial score (nSPS) is 12.7. The molecule has 0 radical (unpaired) electrons. The summed E-state index contributed by atoms with van der Waals surface area (Å²) in [7, 11) is 0. The molecule has 7 nitrogen and oxygen atoms in total. The van der Waals surface area contributed by atoms with E-state index in [9.17, 15) is 14.4 Å². The fourth-order valence-corrected chi connectivity index (χ4v) is 5.03. The van der Waals surface area contributed by atoms with Crippen molar-refractivity contribution >= 4 is 40.4 Å². The average molecular weight is 586 g/mol. The van der Waals surface area contributed by atoms with Crippen LogP contribution in [0.15, 0.2) is 73.3 Å². The predicted molar refractivity (Wildman–Crippen MR) is 176 cm³/mol. The van der Waals surface area contributed by atoms with E-state index in [4.69, 9.17) is 4.74 Å². The summed E-state index contributed by atoms with van der Waals surface area (Å²) in [5.74, 6) is -0.692. The summed E-state index contributed by atoms with van der Waals surface area (Å²) in [6.45, 7) is 13.3. The molecule has 0 bridgehead atoms. The van der Waals surface area contributed by atoms with Gasteiger partial charge in [0.05, 0.1) is 0 Å². The second-order valence-electron chi connectivity index (χ2n) is 12.0. The molecule has 3 rings (SSSR count). The highest BCUT2D eigenvalue weighted by atomic mass is 16.6. The minimum absolute atomic E-state index is 0.333. The summed E-state index contributed by atoms with van der Waals surface area (Å²) in [4.78, 5) is 42.4. The fourth-order valence-electron chi connectivity index (χ4n) is 5.03. The van der Waals surface area contributed by atoms with Crippen LogP contribution in [0.25, 0.3) is 16.8 Å². The number of hydrogen-bond donors (Lipinski definition) is 2. The van der Waals surface area contributed by atoms with E-state index in [0.29, 0.717) is 17.8 Å². The van der Waals surface area contributed by atoms with E-state index in [-0.39, 0.29) is 11.8 Å². The Morgan fingerprint density at radius 3 is 2.30 bits per heavy atom. The zero-order chi connectivity index (χ0) is 31.4. The fraction of sp³-hybridized carbons (Fsp3) is 0.417. The van der Waals surface area contributed by atoms with Crippen molar-refractivity contribution in [3.8, 4) is 0 Å². The maximum absolute atomic E-state index is 14.2. The van der Waals surface area contributed by atoms with Crippen LogP contribution < -0.4 is 10.6 Å². The summed E-state index contributed by atoms with van der Waals surface area (Å²) in [6, 6.07) is 19.4. The molecule has 0 aliphatic carbocycles. The lowest BCUT2D eigenvalue weighted by Gasteiger charge is -2.34. The number of benzene rings is 3. The van der Waals surface area contributed by atoms with Gasteiger partial charge in [-0.25, -0.2) is 4.79 Å². The van der Waals surface area contributed by atoms with Gasteiger partial charge in [0.25, 0.3) is 5.91 Å². The van der Waals surface area contributed by atoms with Crippen molar-refractivity contribution in [2.75, 3.05) is 11.9 Å². The van der Waals surface area contributed by atoms with Crippen molar-refractivity contribution in [1.29, 1.82) is 0 Å². The third-order valence-electron chi connectivity index (χ3n) is 7.18. The molecular formula is C36H47N3O4. The van der Waals surface area contributed by atoms with Gasteiger partial charge in [0, 0.05) is 12.2 Å². The van der Waals surface area contributed by atoms with Gasteiger partial charge in [-0.15, -0.1) is 0 Å². The number of hydrogen-bond acceptors (Lipinski definition) is 4. The minimum Gasteiger partial charge on any atom is -0.444 e. The van der Waals surface area contributed by atoms with Gasteiger partial charge in [-0.05, 0) is 74.2 Å². The molecule has 2 N–H and O–H groups in total. The molecule has 0 spiro atoms. The molecule has 0 saturated carbocycles. The molecule has 0 heterocycles. The second kappa shape index (κ2) is 15.9. The van der Waals surface area contributed by atoms with Crippen LogP contribution in [0, 0.1) is 0 Å². The lowest BCUT2D eigenvalue weighted by molar-refractivity contribution is -0.140. The van der Waals surface area contributed by atoms with Crippen molar-refractivity contribution in [3.63, 3.8) is 0 Å². The molecule has 43 heavy (non-hydrogen) atoms. The Hall–Kier alpha value is -4.13. The van der Waals surface area contributed by atoms with Crippen LogP contribution >= 0.6 is 0 Å². The Morgan fingerprint density at radius 1 is 0.907 bits per heavy atom. The van der Waals surface area contributed by atoms with Crippen LogP contribution in [-0.4, -0.2) is 41.0 Å². The number of rotatable bonds is 14. The molecule has 2 atom stereocenters. The van der Waals surface area contributed by atoms with Gasteiger partial charge in [0.1, 0.15) is 17.7 Å². The first-order chi connectivity index (χ1) is 20.5. The Labute approximate surface area is 256 Å². The third kappa shape index (κ3) is 10.3. The van der Waals surface area contributed by atoms with E-state index < -0.39 is 23.8 Å². The molecule has 3 amide bonds. The number of carbonyl (C=O) groups excluding carboxylic acids is 3. The van der Waals surface area contributed by atoms with E-state index in [0.717, 1.165) is 48.4 Å². The molecule has 0 fully saturated rings. The Balaban J connectivity index is 1.96. The van der Waals surface area contributed by atoms with Gasteiger partial charge < -0.3 is 20.3 Å². The second-order valence-corrected chi connectivity index (χ2v) is 12.0. The summed E-state index contributed by atoms with van der Waals surface area (Å²) in [5, 5.41) is 7.80. The lowest BCUT2D eigenvalue weighted by Crippen LogP contribution is -2.51. The maximum atomic E-state index is 14.2. The van der Waals surface area contributed by atoms with Crippen LogP contribution in [0.5, 0.6) is 0 Å². The number of alkyl carbamates (subject to hydrolysis) is 1. The van der Waals surface area contributed by atoms with Crippen LogP contribution in [0.3, 0.4) is 0 Å². The maximum Gasteiger partial charge on any atom is 0.408 e. The molecule has 7 heteroatoms. The minimum atomic E-state index is -0.933. The summed E-state index contributed by atoms with van der Waals surface area (Å²) >= 11 is 0. The highest BCUT2D eigenvalue weighted by Crippen LogP contribution is 2.27. The number of unbranched alkanes of at least 4 members (excludes halogenated alkanes) is 5. The largest absolute Gasteiger partial charge is 0.444 e. The van der Waals surface area contributed by atoms with E-state index >= 15 is 0 Å². The number of nitrogens with one attached hydrogen (secondary N) is 2. The van der Waals surface area contributed by atoms with Gasteiger partial charge in [0.15, 0.2) is 0 Å². The van der Waals surface area contributed by atoms with Gasteiger partial charge in [0.2, 0.25) is 5.91 Å². The number of nitrogens with zero attached hydrogens (tertiary/aromatic N) is 1. The number of amides is 3. The summed E-state index contributed by atoms with van der Waals surface area (Å²) in [5.41, 5.74) is 1.44. The number of ether oxygens (including phenoxy) is 1. The Morgan fingerprint density at radius 2 is 1.60 bits per heavy atom. The van der Waals surface area contributed by atoms with Crippen molar-refractivity contribution in [3.05, 3.63) is 84.4 Å². The zero-order valence-electron chi connectivity index (χ0n) is 26.3. The molecule has 3 aromatic carbocycles. The van der Waals surface area contributed by atoms with Crippen LogP contribution in [0.4, 0.5) is 10.5 Å². The standard InChI is InChI=1S/C36H47N3O4/c1-7-9-10-11-12-15-23-39(34(41)26(3)37-35(42)43-36(4,5)6)32(30-20-16-17-27(8-2)24-30)33(40)38-31-22-21-28-18-13-14-19-29(28)25-31/h8,13-14,16-22,24-26,32H,2,7,9-12,15,23H2,1,3-6H3,(H,37,42)(H,38,40). The summed E-state index contributed by atoms with van der Waals surface area (Å²) in [6.07, 6.45) is 7.21. The monoisotopic (exact) mass is 585 g/mol. The van der Waals surface area contributed by atoms with Crippen molar-refractivity contribution in [2.24, 2.45) is 0 Å². The number of carbonyl (C=O) groups is 3. The van der Waals surface area contributed by atoms with E-state index in [1.54, 1.807) is 38.7 Å².